The number of cyclic esters (lactones) is 1. The minimum absolute atomic E-state index is 0. The second-order valence-corrected chi connectivity index (χ2v) is 19.3. The fourth-order valence-electron chi connectivity index (χ4n) is 8.93. The van der Waals surface area contributed by atoms with Crippen LogP contribution in [0.15, 0.2) is 72.8 Å². The maximum absolute atomic E-state index is 13.6. The maximum atomic E-state index is 13.6. The zero-order valence-electron chi connectivity index (χ0n) is 41.7. The Bertz CT molecular complexity index is 3120. The van der Waals surface area contributed by atoms with Gasteiger partial charge in [-0.25, -0.2) is 14.4 Å². The van der Waals surface area contributed by atoms with Gasteiger partial charge in [0, 0.05) is 69.6 Å². The Morgan fingerprint density at radius 3 is 1.66 bits per heavy atom. The third-order valence-electron chi connectivity index (χ3n) is 13.1. The van der Waals surface area contributed by atoms with E-state index in [0.717, 1.165) is 11.1 Å². The fraction of sp³-hybridized carbons (Fsp3) is 0.353. The Balaban J connectivity index is 0.000000242. The number of hydrogen-bond donors (Lipinski definition) is 6. The number of aryl methyl sites for hydroxylation is 2. The first kappa shape index (κ1) is 59.5. The van der Waals surface area contributed by atoms with E-state index in [1.807, 2.05) is 0 Å². The molecular weight excluding hydrogens is 1070 g/mol. The third kappa shape index (κ3) is 12.3. The number of carbonyl (C=O) groups excluding carboxylic acids is 4. The van der Waals surface area contributed by atoms with Crippen LogP contribution in [-0.2, 0) is 44.1 Å². The summed E-state index contributed by atoms with van der Waals surface area (Å²) in [6.07, 6.45) is -0.712. The van der Waals surface area contributed by atoms with Crippen LogP contribution >= 0.6 is 46.4 Å². The van der Waals surface area contributed by atoms with Crippen LogP contribution in [0.2, 0.25) is 20.1 Å². The molecule has 2 aromatic heterocycles. The molecule has 9 rings (SSSR count). The Morgan fingerprint density at radius 2 is 1.25 bits per heavy atom. The first-order chi connectivity index (χ1) is 35.4. The molecule has 4 atom stereocenters. The Kier molecular flexibility index (Phi) is 19.7. The summed E-state index contributed by atoms with van der Waals surface area (Å²) in [7, 11) is 3.47. The van der Waals surface area contributed by atoms with Gasteiger partial charge in [0.15, 0.2) is 6.10 Å². The van der Waals surface area contributed by atoms with E-state index in [2.05, 4.69) is 16.0 Å². The summed E-state index contributed by atoms with van der Waals surface area (Å²) in [5.74, 6) is -1.53. The summed E-state index contributed by atoms with van der Waals surface area (Å²) in [4.78, 5) is 61.6. The van der Waals surface area contributed by atoms with Crippen molar-refractivity contribution in [2.75, 3.05) is 59.3 Å². The second-order valence-electron chi connectivity index (χ2n) is 17.8. The number of amides is 3. The number of esters is 1. The number of carboxylic acids is 1. The zero-order valence-corrected chi connectivity index (χ0v) is 44.7. The van der Waals surface area contributed by atoms with Crippen molar-refractivity contribution in [2.24, 2.45) is 19.8 Å². The number of nitrogens with one attached hydrogen (secondary N) is 3. The van der Waals surface area contributed by atoms with E-state index in [4.69, 9.17) is 80.6 Å². The normalized spacial score (nSPS) is 19.1. The van der Waals surface area contributed by atoms with E-state index >= 15 is 0 Å². The van der Waals surface area contributed by atoms with E-state index in [1.54, 1.807) is 90.8 Å². The maximum Gasteiger partial charge on any atom is 1.00 e. The van der Waals surface area contributed by atoms with Crippen LogP contribution in [0.1, 0.15) is 72.6 Å². The second kappa shape index (κ2) is 25.2. The molecule has 0 radical (unpaired) electrons. The van der Waals surface area contributed by atoms with E-state index in [0.29, 0.717) is 77.1 Å². The van der Waals surface area contributed by atoms with Crippen molar-refractivity contribution >= 4 is 98.1 Å². The summed E-state index contributed by atoms with van der Waals surface area (Å²) in [5, 5.41) is 29.7. The molecule has 4 aromatic carbocycles. The molecule has 0 saturated carbocycles. The number of aromatic nitrogens is 2. The first-order valence-corrected chi connectivity index (χ1v) is 24.9. The van der Waals surface area contributed by atoms with Gasteiger partial charge in [0.25, 0.3) is 11.8 Å². The SMILES string of the molecule is CCOC(=O)c1ccc(C2(NC(=O)c3cc4c(Cl)c(Cl)c(OCC5CNC(=O)O5)cc4n3C)CCOC2)cc1.Cn1c(C(=O)NC2(c3ccc(C(=O)O)cc3)CCOC2)cc2c(Cl)c(Cl)c(OCC(O)CN)cc21.[Li+].[OH-]. The van der Waals surface area contributed by atoms with Crippen LogP contribution in [0.3, 0.4) is 0 Å². The molecule has 3 aliphatic heterocycles. The molecular formula is C51H53Cl4LiN6O14. The van der Waals surface area contributed by atoms with Crippen molar-refractivity contribution < 1.29 is 86.9 Å². The molecule has 76 heavy (non-hydrogen) atoms. The summed E-state index contributed by atoms with van der Waals surface area (Å²) in [6.45, 7) is 3.90. The average Bonchev–Trinajstić information content (AvgIpc) is 4.26. The number of carbonyl (C=O) groups is 5. The van der Waals surface area contributed by atoms with Gasteiger partial charge in [-0.05, 0) is 54.4 Å². The topological polar surface area (TPSA) is 283 Å². The number of aromatic carboxylic acids is 1. The summed E-state index contributed by atoms with van der Waals surface area (Å²) in [6, 6.07) is 20.1. The number of benzene rings is 4. The molecule has 3 fully saturated rings. The van der Waals surface area contributed by atoms with Crippen LogP contribution in [0.25, 0.3) is 21.8 Å². The number of halogens is 4. The molecule has 0 spiro atoms. The molecule has 400 valence electrons. The first-order valence-electron chi connectivity index (χ1n) is 23.3. The van der Waals surface area contributed by atoms with Crippen LogP contribution in [0.5, 0.6) is 11.5 Å². The van der Waals surface area contributed by atoms with Gasteiger partial charge in [-0.2, -0.15) is 0 Å². The smallest absolute Gasteiger partial charge is 0.870 e. The average molecular weight is 1120 g/mol. The molecule has 4 unspecified atom stereocenters. The van der Waals surface area contributed by atoms with Gasteiger partial charge in [-0.3, -0.25) is 9.59 Å². The molecule has 25 heteroatoms. The summed E-state index contributed by atoms with van der Waals surface area (Å²) >= 11 is 25.9. The molecule has 0 aliphatic carbocycles. The number of hydrogen-bond acceptors (Lipinski definition) is 14. The van der Waals surface area contributed by atoms with Crippen molar-refractivity contribution in [3.8, 4) is 11.5 Å². The molecule has 6 aromatic rings. The van der Waals surface area contributed by atoms with E-state index in [9.17, 15) is 34.2 Å². The van der Waals surface area contributed by atoms with Gasteiger partial charge < -0.3 is 74.9 Å². The third-order valence-corrected chi connectivity index (χ3v) is 14.8. The number of rotatable bonds is 16. The predicted molar refractivity (Wildman–Crippen MR) is 277 cm³/mol. The van der Waals surface area contributed by atoms with Crippen molar-refractivity contribution in [3.05, 3.63) is 127 Å². The van der Waals surface area contributed by atoms with Gasteiger partial charge in [-0.1, -0.05) is 70.7 Å². The largest absolute Gasteiger partial charge is 1.00 e. The number of ether oxygens (including phenoxy) is 6. The van der Waals surface area contributed by atoms with Crippen molar-refractivity contribution in [1.82, 2.24) is 25.1 Å². The van der Waals surface area contributed by atoms with Crippen LogP contribution in [-0.4, -0.2) is 126 Å². The van der Waals surface area contributed by atoms with Crippen LogP contribution < -0.4 is 50.0 Å². The van der Waals surface area contributed by atoms with Crippen molar-refractivity contribution in [1.29, 1.82) is 0 Å². The minimum atomic E-state index is -1.02. The van der Waals surface area contributed by atoms with Gasteiger partial charge in [0.05, 0.1) is 69.6 Å². The Morgan fingerprint density at radius 1 is 0.776 bits per heavy atom. The standard InChI is InChI=1S/C27H27Cl2N3O7.C24H25Cl2N3O6.Li.H2O/c1-3-37-25(34)15-4-6-16(7-5-15)27(8-9-36-14-27)31-24(33)20-10-18-19(32(20)2)11-21(23(29)22(18)28)38-13-17-12-30-26(35)39-17;1-29-17-9-19(35-11-15(30)10-27)21(26)20(25)16(17)8-18(29)22(31)28-24(6-7-34-12-24)14-4-2-13(3-5-14)23(32)33;;/h4-7,10-11,17H,3,8-9,12-14H2,1-2H3,(H,30,35)(H,31,33);2-5,8-9,15,30H,6-7,10-12,27H2,1H3,(H,28,31)(H,32,33);;1H2/q;;+1;/p-1. The molecule has 3 amide bonds. The van der Waals surface area contributed by atoms with Gasteiger partial charge in [0.2, 0.25) is 0 Å². The van der Waals surface area contributed by atoms with Crippen LogP contribution in [0, 0.1) is 0 Å². The van der Waals surface area contributed by atoms with E-state index in [1.165, 1.54) is 12.1 Å². The van der Waals surface area contributed by atoms with Gasteiger partial charge >= 0.3 is 36.9 Å². The predicted octanol–water partition coefficient (Wildman–Crippen LogP) is 3.95. The molecule has 8 N–H and O–H groups in total. The minimum Gasteiger partial charge on any atom is -0.870 e. The van der Waals surface area contributed by atoms with Gasteiger partial charge in [0.1, 0.15) is 52.2 Å². The number of carboxylic acid groups (broad SMARTS) is 1. The summed E-state index contributed by atoms with van der Waals surface area (Å²) in [5.41, 5.74) is 7.96. The number of aliphatic hydroxyl groups is 1. The molecule has 3 saturated heterocycles. The van der Waals surface area contributed by atoms with E-state index < -0.39 is 41.3 Å². The van der Waals surface area contributed by atoms with Crippen LogP contribution in [0.4, 0.5) is 4.79 Å². The van der Waals surface area contributed by atoms with Crippen molar-refractivity contribution in [3.63, 3.8) is 0 Å². The molecule has 5 heterocycles. The number of nitrogens with two attached hydrogens (primary N) is 1. The monoisotopic (exact) mass is 1120 g/mol. The van der Waals surface area contributed by atoms with Crippen molar-refractivity contribution in [2.45, 2.75) is 43.1 Å². The Labute approximate surface area is 467 Å². The Hall–Kier alpha value is -5.73. The number of nitrogens with zero attached hydrogens (tertiary/aromatic N) is 2. The van der Waals surface area contributed by atoms with E-state index in [-0.39, 0.29) is 107 Å². The van der Waals surface area contributed by atoms with Gasteiger partial charge in [-0.15, -0.1) is 0 Å². The fourth-order valence-corrected chi connectivity index (χ4v) is 9.84. The zero-order chi connectivity index (χ0) is 53.1. The quantitative estimate of drug-likeness (QED) is 0.0591. The number of alkyl carbamates (subject to hydrolysis) is 1. The summed E-state index contributed by atoms with van der Waals surface area (Å²) < 4.78 is 36.2. The molecule has 0 bridgehead atoms. The molecule has 3 aliphatic rings. The number of fused-ring (bicyclic) bond motifs is 2. The molecule has 20 nitrogen and oxygen atoms in total. The number of aliphatic hydroxyl groups excluding tert-OH is 1.